The van der Waals surface area contributed by atoms with E-state index in [2.05, 4.69) is 27.2 Å². The molecule has 0 atom stereocenters. The lowest BCUT2D eigenvalue weighted by molar-refractivity contribution is -0.168. The lowest BCUT2D eigenvalue weighted by Gasteiger charge is -2.36. The fourth-order valence-corrected chi connectivity index (χ4v) is 4.52. The van der Waals surface area contributed by atoms with Crippen LogP contribution < -0.4 is 0 Å². The molecule has 4 aromatic rings. The van der Waals surface area contributed by atoms with Crippen LogP contribution in [0.3, 0.4) is 0 Å². The van der Waals surface area contributed by atoms with Crippen molar-refractivity contribution in [2.45, 2.75) is 19.4 Å². The van der Waals surface area contributed by atoms with E-state index in [1.54, 1.807) is 0 Å². The molecule has 1 aromatic heterocycles. The number of nitrogens with zero attached hydrogens (tertiary/aromatic N) is 3. The lowest BCUT2D eigenvalue weighted by Crippen LogP contribution is -2.48. The van der Waals surface area contributed by atoms with E-state index in [4.69, 9.17) is 4.52 Å². The molecular weight excluding hydrogens is 458 g/mol. The van der Waals surface area contributed by atoms with Crippen LogP contribution in [-0.2, 0) is 16.1 Å². The van der Waals surface area contributed by atoms with Crippen LogP contribution in [0.4, 0.5) is 0 Å². The van der Waals surface area contributed by atoms with Gasteiger partial charge in [0.2, 0.25) is 5.82 Å². The topological polar surface area (TPSA) is 117 Å². The third-order valence-electron chi connectivity index (χ3n) is 6.81. The molecule has 2 heterocycles. The number of rotatable bonds is 7. The molecule has 1 aliphatic heterocycles. The van der Waals surface area contributed by atoms with Gasteiger partial charge in [-0.1, -0.05) is 71.9 Å². The van der Waals surface area contributed by atoms with Gasteiger partial charge in [-0.05, 0) is 41.7 Å². The van der Waals surface area contributed by atoms with Crippen molar-refractivity contribution in [3.63, 3.8) is 0 Å². The van der Waals surface area contributed by atoms with Gasteiger partial charge in [-0.15, -0.1) is 0 Å². The maximum Gasteiger partial charge on any atom is 0.321 e. The van der Waals surface area contributed by atoms with E-state index >= 15 is 0 Å². The molecule has 3 aromatic carbocycles. The van der Waals surface area contributed by atoms with E-state index in [9.17, 15) is 19.8 Å². The maximum atomic E-state index is 11.5. The van der Waals surface area contributed by atoms with Gasteiger partial charge in [0.15, 0.2) is 5.41 Å². The third-order valence-corrected chi connectivity index (χ3v) is 6.81. The van der Waals surface area contributed by atoms with Crippen LogP contribution in [0, 0.1) is 5.41 Å². The predicted molar refractivity (Wildman–Crippen MR) is 133 cm³/mol. The summed E-state index contributed by atoms with van der Waals surface area (Å²) in [5.74, 6) is -1.58. The highest BCUT2D eigenvalue weighted by atomic mass is 16.5. The summed E-state index contributed by atoms with van der Waals surface area (Å²) in [6, 6.07) is 25.9. The standard InChI is InChI=1S/C28H25N3O5/c32-26(33)28(27(34)35)14-16-31(17-15-28)18-19-6-8-22(9-7-19)24-29-25(36-30-24)23-12-10-21(11-13-23)20-4-2-1-3-5-20/h1-13H,14-18H2,(H,32,33)(H,34,35). The number of hydrogen-bond donors (Lipinski definition) is 2. The minimum Gasteiger partial charge on any atom is -0.480 e. The molecule has 0 bridgehead atoms. The average molecular weight is 484 g/mol. The molecule has 0 aliphatic carbocycles. The summed E-state index contributed by atoms with van der Waals surface area (Å²) in [6.07, 6.45) is 0.182. The second-order valence-electron chi connectivity index (χ2n) is 9.03. The summed E-state index contributed by atoms with van der Waals surface area (Å²) in [5, 5.41) is 22.9. The number of aromatic nitrogens is 2. The minimum atomic E-state index is -1.68. The Bertz CT molecular complexity index is 1340. The van der Waals surface area contributed by atoms with Crippen LogP contribution in [0.15, 0.2) is 83.4 Å². The number of carboxylic acids is 2. The molecule has 5 rings (SSSR count). The summed E-state index contributed by atoms with van der Waals surface area (Å²) < 4.78 is 5.50. The number of hydrogen-bond acceptors (Lipinski definition) is 6. The van der Waals surface area contributed by atoms with Crippen LogP contribution >= 0.6 is 0 Å². The van der Waals surface area contributed by atoms with Crippen molar-refractivity contribution in [3.8, 4) is 34.0 Å². The Morgan fingerprint density at radius 2 is 1.33 bits per heavy atom. The van der Waals surface area contributed by atoms with E-state index in [0.717, 1.165) is 27.8 Å². The van der Waals surface area contributed by atoms with Gasteiger partial charge in [0.25, 0.3) is 5.89 Å². The van der Waals surface area contributed by atoms with Crippen molar-refractivity contribution in [1.29, 1.82) is 0 Å². The Hall–Kier alpha value is -4.30. The van der Waals surface area contributed by atoms with Crippen molar-refractivity contribution in [1.82, 2.24) is 15.0 Å². The molecule has 0 amide bonds. The zero-order valence-corrected chi connectivity index (χ0v) is 19.5. The number of carboxylic acid groups (broad SMARTS) is 2. The molecule has 0 spiro atoms. The van der Waals surface area contributed by atoms with Gasteiger partial charge in [-0.2, -0.15) is 4.98 Å². The number of benzene rings is 3. The first-order chi connectivity index (χ1) is 17.4. The SMILES string of the molecule is O=C(O)C1(C(=O)O)CCN(Cc2ccc(-c3noc(-c4ccc(-c5ccccc5)cc4)n3)cc2)CC1. The van der Waals surface area contributed by atoms with Crippen LogP contribution in [-0.4, -0.2) is 50.3 Å². The van der Waals surface area contributed by atoms with Gasteiger partial charge in [0.1, 0.15) is 0 Å². The summed E-state index contributed by atoms with van der Waals surface area (Å²) in [5.41, 5.74) is 3.27. The molecule has 36 heavy (non-hydrogen) atoms. The minimum absolute atomic E-state index is 0.0910. The van der Waals surface area contributed by atoms with E-state index in [1.165, 1.54) is 0 Å². The van der Waals surface area contributed by atoms with Crippen molar-refractivity contribution in [2.75, 3.05) is 13.1 Å². The predicted octanol–water partition coefficient (Wildman–Crippen LogP) is 4.82. The van der Waals surface area contributed by atoms with Crippen molar-refractivity contribution in [2.24, 2.45) is 5.41 Å². The Labute approximate surface area is 207 Å². The number of piperidine rings is 1. The normalized spacial score (nSPS) is 15.4. The highest BCUT2D eigenvalue weighted by Gasteiger charge is 2.48. The second-order valence-corrected chi connectivity index (χ2v) is 9.03. The lowest BCUT2D eigenvalue weighted by atomic mass is 9.78. The number of aliphatic carboxylic acids is 2. The molecule has 8 nitrogen and oxygen atoms in total. The zero-order chi connectivity index (χ0) is 25.1. The quantitative estimate of drug-likeness (QED) is 0.359. The highest BCUT2D eigenvalue weighted by molar-refractivity contribution is 5.98. The van der Waals surface area contributed by atoms with Gasteiger partial charge in [0.05, 0.1) is 0 Å². The molecule has 0 radical (unpaired) electrons. The highest BCUT2D eigenvalue weighted by Crippen LogP contribution is 2.33. The van der Waals surface area contributed by atoms with E-state index in [-0.39, 0.29) is 12.8 Å². The molecule has 8 heteroatoms. The summed E-state index contributed by atoms with van der Waals surface area (Å²) in [7, 11) is 0. The van der Waals surface area contributed by atoms with Crippen molar-refractivity contribution < 1.29 is 24.3 Å². The zero-order valence-electron chi connectivity index (χ0n) is 19.5. The largest absolute Gasteiger partial charge is 0.480 e. The molecule has 2 N–H and O–H groups in total. The summed E-state index contributed by atoms with van der Waals surface area (Å²) >= 11 is 0. The fourth-order valence-electron chi connectivity index (χ4n) is 4.52. The molecular formula is C28H25N3O5. The third kappa shape index (κ3) is 4.63. The molecule has 0 unspecified atom stereocenters. The molecule has 1 aliphatic rings. The van der Waals surface area contributed by atoms with E-state index in [1.807, 2.05) is 66.7 Å². The first kappa shape index (κ1) is 23.4. The van der Waals surface area contributed by atoms with E-state index < -0.39 is 17.4 Å². The van der Waals surface area contributed by atoms with Gasteiger partial charge in [-0.3, -0.25) is 14.5 Å². The Morgan fingerprint density at radius 1 is 0.778 bits per heavy atom. The monoisotopic (exact) mass is 483 g/mol. The fraction of sp³-hybridized carbons (Fsp3) is 0.214. The molecule has 182 valence electrons. The Kier molecular flexibility index (Phi) is 6.35. The van der Waals surface area contributed by atoms with E-state index in [0.29, 0.717) is 31.3 Å². The number of carbonyl (C=O) groups is 2. The molecule has 1 fully saturated rings. The van der Waals surface area contributed by atoms with Crippen LogP contribution in [0.1, 0.15) is 18.4 Å². The van der Waals surface area contributed by atoms with Gasteiger partial charge in [0, 0.05) is 30.8 Å². The molecule has 1 saturated heterocycles. The van der Waals surface area contributed by atoms with Gasteiger partial charge >= 0.3 is 11.9 Å². The van der Waals surface area contributed by atoms with Crippen LogP contribution in [0.5, 0.6) is 0 Å². The Balaban J connectivity index is 1.22. The molecule has 0 saturated carbocycles. The maximum absolute atomic E-state index is 11.5. The van der Waals surface area contributed by atoms with Gasteiger partial charge < -0.3 is 14.7 Å². The average Bonchev–Trinajstić information content (AvgIpc) is 3.40. The van der Waals surface area contributed by atoms with Crippen molar-refractivity contribution >= 4 is 11.9 Å². The second kappa shape index (κ2) is 9.75. The first-order valence-corrected chi connectivity index (χ1v) is 11.7. The number of likely N-dealkylation sites (tertiary alicyclic amines) is 1. The first-order valence-electron chi connectivity index (χ1n) is 11.7. The Morgan fingerprint density at radius 3 is 1.94 bits per heavy atom. The van der Waals surface area contributed by atoms with Gasteiger partial charge in [-0.25, -0.2) is 0 Å². The summed E-state index contributed by atoms with van der Waals surface area (Å²) in [4.78, 5) is 29.6. The summed E-state index contributed by atoms with van der Waals surface area (Å²) in [6.45, 7) is 1.44. The smallest absolute Gasteiger partial charge is 0.321 e. The van der Waals surface area contributed by atoms with Crippen molar-refractivity contribution in [3.05, 3.63) is 84.4 Å². The van der Waals surface area contributed by atoms with Crippen LogP contribution in [0.2, 0.25) is 0 Å². The van der Waals surface area contributed by atoms with Crippen LogP contribution in [0.25, 0.3) is 34.0 Å².